The van der Waals surface area contributed by atoms with E-state index < -0.39 is 0 Å². The molecule has 0 spiro atoms. The summed E-state index contributed by atoms with van der Waals surface area (Å²) < 4.78 is 2.09. The van der Waals surface area contributed by atoms with Crippen molar-refractivity contribution >= 4 is 23.4 Å². The van der Waals surface area contributed by atoms with Crippen LogP contribution in [0.2, 0.25) is 0 Å². The molecule has 3 aromatic rings. The number of nitrogens with zero attached hydrogens (tertiary/aromatic N) is 2. The van der Waals surface area contributed by atoms with E-state index in [0.29, 0.717) is 5.75 Å². The van der Waals surface area contributed by atoms with Gasteiger partial charge in [0.25, 0.3) is 0 Å². The number of hydrogen-bond donors (Lipinski definition) is 1. The number of aryl methyl sites for hydroxylation is 1. The molecule has 28 heavy (non-hydrogen) atoms. The van der Waals surface area contributed by atoms with Gasteiger partial charge in [0.2, 0.25) is 5.91 Å². The van der Waals surface area contributed by atoms with Gasteiger partial charge in [0.1, 0.15) is 5.82 Å². The summed E-state index contributed by atoms with van der Waals surface area (Å²) in [5, 5.41) is 2.97. The summed E-state index contributed by atoms with van der Waals surface area (Å²) >= 11 is 1.55. The molecule has 1 heterocycles. The third-order valence-corrected chi connectivity index (χ3v) is 5.62. The van der Waals surface area contributed by atoms with E-state index >= 15 is 0 Å². The molecule has 0 fully saturated rings. The molecule has 0 bridgehead atoms. The van der Waals surface area contributed by atoms with Gasteiger partial charge in [0.05, 0.1) is 5.75 Å². The number of rotatable bonds is 6. The number of carbonyl (C=O) groups excluding carboxylic acids is 1. The Morgan fingerprint density at radius 2 is 1.75 bits per heavy atom. The summed E-state index contributed by atoms with van der Waals surface area (Å²) in [7, 11) is 0. The van der Waals surface area contributed by atoms with Crippen molar-refractivity contribution in [1.82, 2.24) is 9.55 Å². The van der Waals surface area contributed by atoms with Crippen LogP contribution in [0.4, 0.5) is 5.69 Å². The summed E-state index contributed by atoms with van der Waals surface area (Å²) in [6.07, 6.45) is 3.77. The minimum Gasteiger partial charge on any atom is -0.331 e. The lowest BCUT2D eigenvalue weighted by Crippen LogP contribution is -2.14. The minimum absolute atomic E-state index is 0.00287. The first-order valence-electron chi connectivity index (χ1n) is 9.41. The number of amides is 1. The Morgan fingerprint density at radius 1 is 1.07 bits per heavy atom. The van der Waals surface area contributed by atoms with E-state index in [9.17, 15) is 4.79 Å². The molecule has 1 amide bonds. The van der Waals surface area contributed by atoms with Crippen LogP contribution in [-0.2, 0) is 16.8 Å². The van der Waals surface area contributed by atoms with Gasteiger partial charge in [0, 0.05) is 29.5 Å². The zero-order valence-electron chi connectivity index (χ0n) is 16.9. The Kier molecular flexibility index (Phi) is 6.25. The van der Waals surface area contributed by atoms with Crippen molar-refractivity contribution in [3.05, 3.63) is 77.9 Å². The number of nitrogens with one attached hydrogen (secondary N) is 1. The molecule has 2 aromatic carbocycles. The summed E-state index contributed by atoms with van der Waals surface area (Å²) in [6.45, 7) is 9.36. The van der Waals surface area contributed by atoms with Crippen molar-refractivity contribution in [2.24, 2.45) is 0 Å². The summed E-state index contributed by atoms with van der Waals surface area (Å²) in [6, 6.07) is 16.4. The average Bonchev–Trinajstić information content (AvgIpc) is 3.06. The number of hydrogen-bond acceptors (Lipinski definition) is 3. The third kappa shape index (κ3) is 5.49. The van der Waals surface area contributed by atoms with Crippen LogP contribution in [0, 0.1) is 6.92 Å². The fraction of sp³-hybridized carbons (Fsp3) is 0.304. The van der Waals surface area contributed by atoms with Gasteiger partial charge in [0.15, 0.2) is 0 Å². The Morgan fingerprint density at radius 3 is 2.32 bits per heavy atom. The second-order valence-corrected chi connectivity index (χ2v) is 8.96. The van der Waals surface area contributed by atoms with Crippen LogP contribution in [0.3, 0.4) is 0 Å². The topological polar surface area (TPSA) is 46.9 Å². The summed E-state index contributed by atoms with van der Waals surface area (Å²) in [4.78, 5) is 17.6. The maximum Gasteiger partial charge on any atom is 0.234 e. The van der Waals surface area contributed by atoms with Crippen molar-refractivity contribution in [2.45, 2.75) is 44.6 Å². The van der Waals surface area contributed by atoms with E-state index in [1.807, 2.05) is 37.4 Å². The minimum atomic E-state index is 0.00287. The predicted octanol–water partition coefficient (Wildman–Crippen LogP) is 5.27. The average molecular weight is 394 g/mol. The molecule has 4 nitrogen and oxygen atoms in total. The maximum atomic E-state index is 12.3. The molecular formula is C23H27N3OS. The van der Waals surface area contributed by atoms with Crippen LogP contribution in [0.15, 0.2) is 65.8 Å². The van der Waals surface area contributed by atoms with Crippen molar-refractivity contribution in [3.8, 4) is 0 Å². The van der Waals surface area contributed by atoms with Crippen LogP contribution in [0.1, 0.15) is 37.7 Å². The van der Waals surface area contributed by atoms with E-state index in [1.165, 1.54) is 11.1 Å². The van der Waals surface area contributed by atoms with Crippen LogP contribution >= 0.6 is 11.8 Å². The van der Waals surface area contributed by atoms with Gasteiger partial charge in [-0.1, -0.05) is 45.0 Å². The standard InChI is InChI=1S/C23H27N3OS/c1-17-24-13-14-26(17)15-18-5-9-20(10-6-18)25-22(27)16-28-21-11-7-19(8-12-21)23(2,3)4/h5-14H,15-16H2,1-4H3,(H,25,27). The van der Waals surface area contributed by atoms with E-state index in [2.05, 4.69) is 59.9 Å². The highest BCUT2D eigenvalue weighted by Crippen LogP contribution is 2.25. The predicted molar refractivity (Wildman–Crippen MR) is 117 cm³/mol. The second-order valence-electron chi connectivity index (χ2n) is 7.91. The van der Waals surface area contributed by atoms with E-state index in [1.54, 1.807) is 18.0 Å². The zero-order chi connectivity index (χ0) is 20.1. The quantitative estimate of drug-likeness (QED) is 0.581. The number of benzene rings is 2. The zero-order valence-corrected chi connectivity index (χ0v) is 17.7. The highest BCUT2D eigenvalue weighted by molar-refractivity contribution is 8.00. The monoisotopic (exact) mass is 393 g/mol. The third-order valence-electron chi connectivity index (χ3n) is 4.60. The molecule has 0 saturated carbocycles. The first kappa shape index (κ1) is 20.2. The van der Waals surface area contributed by atoms with E-state index in [4.69, 9.17) is 0 Å². The van der Waals surface area contributed by atoms with Gasteiger partial charge >= 0.3 is 0 Å². The lowest BCUT2D eigenvalue weighted by Gasteiger charge is -2.19. The molecule has 3 rings (SSSR count). The lowest BCUT2D eigenvalue weighted by molar-refractivity contribution is -0.113. The highest BCUT2D eigenvalue weighted by Gasteiger charge is 2.13. The fourth-order valence-corrected chi connectivity index (χ4v) is 3.56. The number of anilines is 1. The van der Waals surface area contributed by atoms with E-state index in [0.717, 1.165) is 23.0 Å². The molecule has 0 unspecified atom stereocenters. The van der Waals surface area contributed by atoms with Gasteiger partial charge in [-0.2, -0.15) is 0 Å². The van der Waals surface area contributed by atoms with Crippen molar-refractivity contribution in [2.75, 3.05) is 11.1 Å². The SMILES string of the molecule is Cc1nccn1Cc1ccc(NC(=O)CSc2ccc(C(C)(C)C)cc2)cc1. The fourth-order valence-electron chi connectivity index (χ4n) is 2.86. The van der Waals surface area contributed by atoms with Crippen LogP contribution in [-0.4, -0.2) is 21.2 Å². The van der Waals surface area contributed by atoms with Gasteiger partial charge in [-0.05, 0) is 47.7 Å². The first-order valence-corrected chi connectivity index (χ1v) is 10.4. The molecule has 146 valence electrons. The molecule has 0 radical (unpaired) electrons. The van der Waals surface area contributed by atoms with E-state index in [-0.39, 0.29) is 11.3 Å². The molecule has 5 heteroatoms. The Balaban J connectivity index is 1.50. The molecule has 0 atom stereocenters. The maximum absolute atomic E-state index is 12.3. The van der Waals surface area contributed by atoms with Gasteiger partial charge in [-0.25, -0.2) is 4.98 Å². The van der Waals surface area contributed by atoms with Gasteiger partial charge < -0.3 is 9.88 Å². The molecule has 1 N–H and O–H groups in total. The molecule has 0 aliphatic rings. The Hall–Kier alpha value is -2.53. The Bertz CT molecular complexity index is 922. The molecular weight excluding hydrogens is 366 g/mol. The largest absolute Gasteiger partial charge is 0.331 e. The van der Waals surface area contributed by atoms with Crippen LogP contribution < -0.4 is 5.32 Å². The molecule has 1 aromatic heterocycles. The van der Waals surface area contributed by atoms with Crippen molar-refractivity contribution in [3.63, 3.8) is 0 Å². The second kappa shape index (κ2) is 8.65. The van der Waals surface area contributed by atoms with Crippen LogP contribution in [0.5, 0.6) is 0 Å². The first-order chi connectivity index (χ1) is 13.3. The summed E-state index contributed by atoms with van der Waals surface area (Å²) in [5.41, 5.74) is 3.43. The van der Waals surface area contributed by atoms with Crippen LogP contribution in [0.25, 0.3) is 0 Å². The highest BCUT2D eigenvalue weighted by atomic mass is 32.2. The van der Waals surface area contributed by atoms with Crippen molar-refractivity contribution in [1.29, 1.82) is 0 Å². The number of carbonyl (C=O) groups is 1. The number of aromatic nitrogens is 2. The lowest BCUT2D eigenvalue weighted by atomic mass is 9.87. The summed E-state index contributed by atoms with van der Waals surface area (Å²) in [5.74, 6) is 1.39. The Labute approximate surface area is 171 Å². The number of imidazole rings is 1. The molecule has 0 saturated heterocycles. The van der Waals surface area contributed by atoms with Gasteiger partial charge in [-0.3, -0.25) is 4.79 Å². The van der Waals surface area contributed by atoms with Gasteiger partial charge in [-0.15, -0.1) is 11.8 Å². The molecule has 0 aliphatic carbocycles. The molecule has 0 aliphatic heterocycles. The normalized spacial score (nSPS) is 11.4. The van der Waals surface area contributed by atoms with Crippen molar-refractivity contribution < 1.29 is 4.79 Å². The smallest absolute Gasteiger partial charge is 0.234 e. The number of thioether (sulfide) groups is 1.